The van der Waals surface area contributed by atoms with Crippen LogP contribution in [0.15, 0.2) is 48.0 Å². The van der Waals surface area contributed by atoms with Crippen molar-refractivity contribution in [2.24, 2.45) is 0 Å². The number of alkyl halides is 5. The van der Waals surface area contributed by atoms with Gasteiger partial charge in [0, 0.05) is 51.6 Å². The van der Waals surface area contributed by atoms with Gasteiger partial charge in [0.2, 0.25) is 0 Å². The number of anilines is 1. The molecule has 0 bridgehead atoms. The van der Waals surface area contributed by atoms with Crippen molar-refractivity contribution >= 4 is 45.8 Å². The molecule has 178 valence electrons. The number of rotatable bonds is 7. The molecule has 0 atom stereocenters. The maximum absolute atomic E-state index is 13.7. The molecule has 0 aliphatic heterocycles. The minimum Gasteiger partial charge on any atom is -0.420 e. The number of ether oxygens (including phenoxy) is 1. The zero-order chi connectivity index (χ0) is 24.6. The average molecular weight is 513 g/mol. The predicted octanol–water partition coefficient (Wildman–Crippen LogP) is 7.10. The van der Waals surface area contributed by atoms with Crippen LogP contribution in [0.5, 0.6) is 5.75 Å². The molecule has 2 aromatic heterocycles. The van der Waals surface area contributed by atoms with E-state index < -0.39 is 23.7 Å². The van der Waals surface area contributed by atoms with Crippen molar-refractivity contribution in [3.8, 4) is 16.9 Å². The second-order valence-corrected chi connectivity index (χ2v) is 8.66. The Morgan fingerprint density at radius 1 is 1.21 bits per heavy atom. The van der Waals surface area contributed by atoms with Gasteiger partial charge in [-0.05, 0) is 61.8 Å². The van der Waals surface area contributed by atoms with Crippen LogP contribution in [0.2, 0.25) is 0 Å². The Morgan fingerprint density at radius 2 is 1.91 bits per heavy atom. The molecule has 0 spiro atoms. The Hall–Kier alpha value is -3.18. The Bertz CT molecular complexity index is 1320. The highest BCUT2D eigenvalue weighted by Crippen LogP contribution is 2.36. The second kappa shape index (κ2) is 9.22. The van der Waals surface area contributed by atoms with Crippen molar-refractivity contribution in [2.45, 2.75) is 31.9 Å². The average Bonchev–Trinajstić information content (AvgIpc) is 3.41. The van der Waals surface area contributed by atoms with Crippen molar-refractivity contribution in [1.82, 2.24) is 13.9 Å². The molecular weight excluding hydrogens is 496 g/mol. The molecule has 4 aromatic rings. The maximum atomic E-state index is 13.7. The molecule has 1 amide bonds. The van der Waals surface area contributed by atoms with Crippen molar-refractivity contribution in [2.75, 3.05) is 5.32 Å². The fourth-order valence-electron chi connectivity index (χ4n) is 3.56. The molecule has 1 N–H and O–H groups in total. The summed E-state index contributed by atoms with van der Waals surface area (Å²) >= 11 is 5.93. The number of nitrogens with one attached hydrogen (secondary N) is 1. The minimum absolute atomic E-state index is 0.176. The lowest BCUT2D eigenvalue weighted by molar-refractivity contribution is -0.0964. The summed E-state index contributed by atoms with van der Waals surface area (Å²) in [5.74, 6) is -1.12. The lowest BCUT2D eigenvalue weighted by atomic mass is 10.0. The quantitative estimate of drug-likeness (QED) is 0.212. The molecule has 0 fully saturated rings. The van der Waals surface area contributed by atoms with Crippen LogP contribution in [0.4, 0.5) is 23.2 Å². The second-order valence-electron chi connectivity index (χ2n) is 7.57. The van der Waals surface area contributed by atoms with Crippen molar-refractivity contribution in [1.29, 1.82) is 0 Å². The predicted molar refractivity (Wildman–Crippen MR) is 122 cm³/mol. The van der Waals surface area contributed by atoms with Crippen LogP contribution in [0.3, 0.4) is 0 Å². The molecule has 12 heteroatoms. The molecule has 2 aromatic carbocycles. The van der Waals surface area contributed by atoms with Crippen molar-refractivity contribution in [3.05, 3.63) is 59.4 Å². The molecular formula is C22H17ClF4N4O2S. The number of halogens is 5. The molecule has 6 nitrogen and oxygen atoms in total. The van der Waals surface area contributed by atoms with E-state index in [1.165, 1.54) is 46.4 Å². The third-order valence-electron chi connectivity index (χ3n) is 4.88. The standard InChI is InChI=1S/C22H17ClF4N4O2S/c1-11(2)31-18-16(13-9-28-34-10-13)7-12(8-17(18)30-20(31)19(24)25)21(32)29-14-3-5-15(6-4-14)33-22(23,26)27/h3-11,19H,1-2H3,(H,29,32). The number of fused-ring (bicyclic) bond motifs is 1. The summed E-state index contributed by atoms with van der Waals surface area (Å²) < 4.78 is 62.8. The minimum atomic E-state index is -3.86. The molecule has 0 saturated carbocycles. The van der Waals surface area contributed by atoms with Gasteiger partial charge in [0.15, 0.2) is 5.82 Å². The normalized spacial score (nSPS) is 12.0. The Morgan fingerprint density at radius 3 is 2.47 bits per heavy atom. The van der Waals surface area contributed by atoms with Gasteiger partial charge in [0.25, 0.3) is 12.3 Å². The largest absolute Gasteiger partial charge is 0.487 e. The van der Waals surface area contributed by atoms with E-state index in [1.54, 1.807) is 31.5 Å². The summed E-state index contributed by atoms with van der Waals surface area (Å²) in [7, 11) is 0. The SMILES string of the molecule is CC(C)n1c(C(F)F)nc2cc(C(=O)Nc3ccc(OC(F)(F)Cl)cc3)cc(-c3cnsc3)c21. The van der Waals surface area contributed by atoms with Gasteiger partial charge in [0.1, 0.15) is 5.75 Å². The lowest BCUT2D eigenvalue weighted by Crippen LogP contribution is -2.16. The first-order chi connectivity index (χ1) is 16.0. The van der Waals surface area contributed by atoms with Crippen LogP contribution in [0.1, 0.15) is 42.5 Å². The van der Waals surface area contributed by atoms with Gasteiger partial charge in [-0.1, -0.05) is 0 Å². The molecule has 0 aliphatic carbocycles. The first-order valence-electron chi connectivity index (χ1n) is 9.94. The van der Waals surface area contributed by atoms with Crippen LogP contribution in [0, 0.1) is 0 Å². The molecule has 4 rings (SSSR count). The highest BCUT2D eigenvalue weighted by atomic mass is 35.5. The van der Waals surface area contributed by atoms with Gasteiger partial charge in [-0.2, -0.15) is 0 Å². The zero-order valence-electron chi connectivity index (χ0n) is 17.7. The monoisotopic (exact) mass is 512 g/mol. The summed E-state index contributed by atoms with van der Waals surface area (Å²) in [6.07, 6.45) is -1.21. The van der Waals surface area contributed by atoms with Crippen molar-refractivity contribution < 1.29 is 27.1 Å². The zero-order valence-corrected chi connectivity index (χ0v) is 19.3. The Balaban J connectivity index is 1.74. The van der Waals surface area contributed by atoms with E-state index >= 15 is 0 Å². The summed E-state index contributed by atoms with van der Waals surface area (Å²) in [6.45, 7) is 3.55. The van der Waals surface area contributed by atoms with Crippen LogP contribution >= 0.6 is 23.1 Å². The van der Waals surface area contributed by atoms with E-state index in [0.717, 1.165) is 0 Å². The summed E-state index contributed by atoms with van der Waals surface area (Å²) in [5.41, 5.74) is -1.46. The number of amides is 1. The highest BCUT2D eigenvalue weighted by Gasteiger charge is 2.28. The molecule has 0 unspecified atom stereocenters. The number of nitrogens with zero attached hydrogens (tertiary/aromatic N) is 3. The topological polar surface area (TPSA) is 69.0 Å². The third-order valence-corrected chi connectivity index (χ3v) is 5.54. The number of benzene rings is 2. The number of hydrogen-bond acceptors (Lipinski definition) is 5. The Labute approximate surface area is 200 Å². The number of hydrogen-bond donors (Lipinski definition) is 1. The highest BCUT2D eigenvalue weighted by molar-refractivity contribution is 7.03. The van der Waals surface area contributed by atoms with E-state index in [9.17, 15) is 22.4 Å². The Kier molecular flexibility index (Phi) is 6.50. The van der Waals surface area contributed by atoms with Gasteiger partial charge in [-0.15, -0.1) is 8.78 Å². The molecule has 34 heavy (non-hydrogen) atoms. The van der Waals surface area contributed by atoms with Crippen LogP contribution < -0.4 is 10.1 Å². The van der Waals surface area contributed by atoms with Gasteiger partial charge in [0.05, 0.1) is 11.0 Å². The van der Waals surface area contributed by atoms with Gasteiger partial charge >= 0.3 is 5.57 Å². The van der Waals surface area contributed by atoms with Gasteiger partial charge < -0.3 is 14.6 Å². The molecule has 2 heterocycles. The van der Waals surface area contributed by atoms with E-state index in [0.29, 0.717) is 22.3 Å². The first-order valence-corrected chi connectivity index (χ1v) is 11.2. The lowest BCUT2D eigenvalue weighted by Gasteiger charge is -2.15. The number of aromatic nitrogens is 3. The third kappa shape index (κ3) is 5.00. The number of imidazole rings is 1. The number of carbonyl (C=O) groups excluding carboxylic acids is 1. The van der Waals surface area contributed by atoms with Gasteiger partial charge in [-0.25, -0.2) is 18.1 Å². The van der Waals surface area contributed by atoms with Crippen molar-refractivity contribution in [3.63, 3.8) is 0 Å². The van der Waals surface area contributed by atoms with Crippen LogP contribution in [-0.4, -0.2) is 25.4 Å². The molecule has 0 aliphatic rings. The molecule has 0 saturated heterocycles. The summed E-state index contributed by atoms with van der Waals surface area (Å²) in [4.78, 5) is 17.1. The van der Waals surface area contributed by atoms with E-state index in [-0.39, 0.29) is 22.9 Å². The van der Waals surface area contributed by atoms with E-state index in [2.05, 4.69) is 19.4 Å². The smallest absolute Gasteiger partial charge is 0.420 e. The maximum Gasteiger partial charge on any atom is 0.487 e. The van der Waals surface area contributed by atoms with Crippen LogP contribution in [0.25, 0.3) is 22.2 Å². The summed E-state index contributed by atoms with van der Waals surface area (Å²) in [5, 5.41) is 4.39. The summed E-state index contributed by atoms with van der Waals surface area (Å²) in [6, 6.07) is 7.88. The fraction of sp³-hybridized carbons (Fsp3) is 0.227. The number of carbonyl (C=O) groups is 1. The first kappa shape index (κ1) is 24.0. The van der Waals surface area contributed by atoms with E-state index in [1.807, 2.05) is 0 Å². The molecule has 0 radical (unpaired) electrons. The van der Waals surface area contributed by atoms with Crippen LogP contribution in [-0.2, 0) is 0 Å². The fourth-order valence-corrected chi connectivity index (χ4v) is 4.18. The van der Waals surface area contributed by atoms with E-state index in [4.69, 9.17) is 11.6 Å². The van der Waals surface area contributed by atoms with Gasteiger partial charge in [-0.3, -0.25) is 4.79 Å².